The molecule has 1 saturated heterocycles. The van der Waals surface area contributed by atoms with Gasteiger partial charge in [-0.05, 0) is 28.9 Å². The summed E-state index contributed by atoms with van der Waals surface area (Å²) >= 11 is 0. The maximum Gasteiger partial charge on any atom is 0.260 e. The van der Waals surface area contributed by atoms with Crippen LogP contribution >= 0.6 is 0 Å². The van der Waals surface area contributed by atoms with E-state index in [4.69, 9.17) is 4.74 Å². The summed E-state index contributed by atoms with van der Waals surface area (Å²) in [4.78, 5) is 14.8. The third kappa shape index (κ3) is 2.41. The average Bonchev–Trinajstić information content (AvgIpc) is 2.84. The zero-order valence-corrected chi connectivity index (χ0v) is 14.6. The molecule has 2 heterocycles. The summed E-state index contributed by atoms with van der Waals surface area (Å²) in [6, 6.07) is 4.28. The third-order valence-corrected chi connectivity index (χ3v) is 4.71. The predicted molar refractivity (Wildman–Crippen MR) is 88.5 cm³/mol. The minimum atomic E-state index is -0.0680. The molecule has 0 aromatic heterocycles. The number of benzene rings is 1. The van der Waals surface area contributed by atoms with E-state index in [1.54, 1.807) is 0 Å². The number of carbonyl (C=O) groups excluding carboxylic acids is 1. The Labute approximate surface area is 133 Å². The molecular weight excluding hydrogens is 274 g/mol. The van der Waals surface area contributed by atoms with Crippen molar-refractivity contribution in [3.63, 3.8) is 0 Å². The molecule has 22 heavy (non-hydrogen) atoms. The van der Waals surface area contributed by atoms with Crippen LogP contribution in [-0.2, 0) is 10.8 Å². The Morgan fingerprint density at radius 3 is 2.36 bits per heavy atom. The van der Waals surface area contributed by atoms with E-state index in [0.29, 0.717) is 0 Å². The van der Waals surface area contributed by atoms with Gasteiger partial charge >= 0.3 is 0 Å². The summed E-state index contributed by atoms with van der Waals surface area (Å²) < 4.78 is 6.26. The number of carbonyl (C=O) groups is 1. The largest absolute Gasteiger partial charge is 0.469 e. The van der Waals surface area contributed by atoms with E-state index in [1.807, 2.05) is 11.0 Å². The van der Waals surface area contributed by atoms with E-state index in [-0.39, 0.29) is 23.0 Å². The first kappa shape index (κ1) is 15.4. The van der Waals surface area contributed by atoms with Gasteiger partial charge in [0.1, 0.15) is 5.75 Å². The van der Waals surface area contributed by atoms with Gasteiger partial charge < -0.3 is 9.64 Å². The first-order valence-corrected chi connectivity index (χ1v) is 8.25. The van der Waals surface area contributed by atoms with Crippen LogP contribution in [0, 0.1) is 0 Å². The number of amides is 1. The SMILES string of the molecule is CC(C)(C)c1cc2c(c(C(C)(C)C)c1)OC1CCCN1C2=O. The summed E-state index contributed by atoms with van der Waals surface area (Å²) in [7, 11) is 0. The maximum atomic E-state index is 12.9. The van der Waals surface area contributed by atoms with Crippen molar-refractivity contribution in [2.24, 2.45) is 0 Å². The van der Waals surface area contributed by atoms with Gasteiger partial charge in [-0.3, -0.25) is 4.79 Å². The van der Waals surface area contributed by atoms with Crippen molar-refractivity contribution in [1.29, 1.82) is 0 Å². The third-order valence-electron chi connectivity index (χ3n) is 4.71. The highest BCUT2D eigenvalue weighted by Gasteiger charge is 2.40. The van der Waals surface area contributed by atoms with E-state index < -0.39 is 0 Å². The van der Waals surface area contributed by atoms with Crippen molar-refractivity contribution in [3.05, 3.63) is 28.8 Å². The van der Waals surface area contributed by atoms with Crippen molar-refractivity contribution in [2.75, 3.05) is 6.54 Å². The maximum absolute atomic E-state index is 12.9. The summed E-state index contributed by atoms with van der Waals surface area (Å²) in [5.41, 5.74) is 3.06. The first-order chi connectivity index (χ1) is 10.1. The molecule has 2 aliphatic rings. The zero-order chi connectivity index (χ0) is 16.3. The van der Waals surface area contributed by atoms with E-state index in [9.17, 15) is 4.79 Å². The summed E-state index contributed by atoms with van der Waals surface area (Å²) in [5.74, 6) is 0.953. The van der Waals surface area contributed by atoms with Crippen molar-refractivity contribution in [3.8, 4) is 5.75 Å². The van der Waals surface area contributed by atoms with Crippen LogP contribution in [0.15, 0.2) is 12.1 Å². The standard InChI is InChI=1S/C19H27NO2/c1-18(2,3)12-10-13-16(14(11-12)19(4,5)6)22-15-8-7-9-20(15)17(13)21/h10-11,15H,7-9H2,1-6H3. The van der Waals surface area contributed by atoms with Gasteiger partial charge in [-0.15, -0.1) is 0 Å². The molecule has 1 atom stereocenters. The Morgan fingerprint density at radius 1 is 1.09 bits per heavy atom. The molecular formula is C19H27NO2. The summed E-state index contributed by atoms with van der Waals surface area (Å²) in [5, 5.41) is 0. The lowest BCUT2D eigenvalue weighted by atomic mass is 9.78. The molecule has 1 amide bonds. The Kier molecular flexibility index (Phi) is 3.32. The van der Waals surface area contributed by atoms with Crippen LogP contribution in [0.5, 0.6) is 5.75 Å². The fourth-order valence-corrected chi connectivity index (χ4v) is 3.29. The molecule has 0 bridgehead atoms. The van der Waals surface area contributed by atoms with Gasteiger partial charge in [0.05, 0.1) is 5.56 Å². The van der Waals surface area contributed by atoms with Gasteiger partial charge in [-0.25, -0.2) is 0 Å². The number of rotatable bonds is 0. The molecule has 3 nitrogen and oxygen atoms in total. The molecule has 1 aromatic rings. The molecule has 0 spiro atoms. The number of hydrogen-bond donors (Lipinski definition) is 0. The topological polar surface area (TPSA) is 29.5 Å². The monoisotopic (exact) mass is 301 g/mol. The van der Waals surface area contributed by atoms with Crippen molar-refractivity contribution >= 4 is 5.91 Å². The molecule has 0 saturated carbocycles. The van der Waals surface area contributed by atoms with Gasteiger partial charge in [-0.1, -0.05) is 47.6 Å². The molecule has 0 N–H and O–H groups in total. The Bertz CT molecular complexity index is 620. The lowest BCUT2D eigenvalue weighted by Crippen LogP contribution is -2.44. The zero-order valence-electron chi connectivity index (χ0n) is 14.6. The molecule has 0 radical (unpaired) electrons. The van der Waals surface area contributed by atoms with Gasteiger partial charge in [-0.2, -0.15) is 0 Å². The molecule has 3 rings (SSSR count). The van der Waals surface area contributed by atoms with Crippen LogP contribution in [0.1, 0.15) is 75.9 Å². The van der Waals surface area contributed by atoms with Gasteiger partial charge in [0.15, 0.2) is 6.23 Å². The van der Waals surface area contributed by atoms with Gasteiger partial charge in [0.25, 0.3) is 5.91 Å². The highest BCUT2D eigenvalue weighted by Crippen LogP contribution is 2.43. The lowest BCUT2D eigenvalue weighted by molar-refractivity contribution is 0.0284. The van der Waals surface area contributed by atoms with Crippen molar-refractivity contribution in [2.45, 2.75) is 71.4 Å². The second-order valence-corrected chi connectivity index (χ2v) is 8.61. The number of ether oxygens (including phenoxy) is 1. The fraction of sp³-hybridized carbons (Fsp3) is 0.632. The second kappa shape index (κ2) is 4.74. The fourth-order valence-electron chi connectivity index (χ4n) is 3.29. The minimum Gasteiger partial charge on any atom is -0.469 e. The van der Waals surface area contributed by atoms with Crippen molar-refractivity contribution < 1.29 is 9.53 Å². The molecule has 120 valence electrons. The van der Waals surface area contributed by atoms with Crippen LogP contribution in [0.3, 0.4) is 0 Å². The Morgan fingerprint density at radius 2 is 1.77 bits per heavy atom. The van der Waals surface area contributed by atoms with Gasteiger partial charge in [0.2, 0.25) is 0 Å². The number of hydrogen-bond acceptors (Lipinski definition) is 2. The predicted octanol–water partition coefficient (Wildman–Crippen LogP) is 4.24. The van der Waals surface area contributed by atoms with E-state index in [0.717, 1.165) is 36.3 Å². The van der Waals surface area contributed by atoms with E-state index in [2.05, 4.69) is 47.6 Å². The van der Waals surface area contributed by atoms with Crippen LogP contribution in [-0.4, -0.2) is 23.6 Å². The summed E-state index contributed by atoms with van der Waals surface area (Å²) in [6.45, 7) is 13.9. The average molecular weight is 301 g/mol. The Balaban J connectivity index is 2.22. The highest BCUT2D eigenvalue weighted by atomic mass is 16.5. The molecule has 3 heteroatoms. The van der Waals surface area contributed by atoms with Crippen LogP contribution < -0.4 is 4.74 Å². The molecule has 1 fully saturated rings. The van der Waals surface area contributed by atoms with Crippen LogP contribution in [0.25, 0.3) is 0 Å². The molecule has 1 aromatic carbocycles. The molecule has 2 aliphatic heterocycles. The number of nitrogens with zero attached hydrogens (tertiary/aromatic N) is 1. The second-order valence-electron chi connectivity index (χ2n) is 8.61. The lowest BCUT2D eigenvalue weighted by Gasteiger charge is -2.36. The van der Waals surface area contributed by atoms with Crippen LogP contribution in [0.4, 0.5) is 0 Å². The van der Waals surface area contributed by atoms with Crippen LogP contribution in [0.2, 0.25) is 0 Å². The van der Waals surface area contributed by atoms with E-state index >= 15 is 0 Å². The summed E-state index contributed by atoms with van der Waals surface area (Å²) in [6.07, 6.45) is 1.90. The van der Waals surface area contributed by atoms with Crippen molar-refractivity contribution in [1.82, 2.24) is 4.90 Å². The van der Waals surface area contributed by atoms with Gasteiger partial charge in [0, 0.05) is 18.5 Å². The Hall–Kier alpha value is -1.51. The highest BCUT2D eigenvalue weighted by molar-refractivity contribution is 5.99. The molecule has 1 unspecified atom stereocenters. The minimum absolute atomic E-state index is 0.0111. The number of fused-ring (bicyclic) bond motifs is 2. The smallest absolute Gasteiger partial charge is 0.260 e. The quantitative estimate of drug-likeness (QED) is 0.717. The normalized spacial score (nSPS) is 21.5. The molecule has 0 aliphatic carbocycles. The van der Waals surface area contributed by atoms with E-state index in [1.165, 1.54) is 5.56 Å². The first-order valence-electron chi connectivity index (χ1n) is 8.25.